The molecule has 0 bridgehead atoms. The number of carbonyl (C=O) groups excluding carboxylic acids is 2. The highest BCUT2D eigenvalue weighted by atomic mass is 32.2. The number of ketones is 1. The molecule has 1 aromatic heterocycles. The lowest BCUT2D eigenvalue weighted by atomic mass is 10.1. The van der Waals surface area contributed by atoms with Crippen LogP contribution in [0, 0.1) is 5.82 Å². The van der Waals surface area contributed by atoms with Crippen LogP contribution >= 0.6 is 11.8 Å². The van der Waals surface area contributed by atoms with Crippen molar-refractivity contribution in [3.05, 3.63) is 35.9 Å². The maximum Gasteiger partial charge on any atom is 0.221 e. The largest absolute Gasteiger partial charge is 0.326 e. The van der Waals surface area contributed by atoms with Gasteiger partial charge in [-0.3, -0.25) is 9.59 Å². The van der Waals surface area contributed by atoms with Crippen LogP contribution in [0.2, 0.25) is 0 Å². The highest BCUT2D eigenvalue weighted by Gasteiger charge is 2.14. The van der Waals surface area contributed by atoms with Gasteiger partial charge in [0.1, 0.15) is 12.1 Å². The van der Waals surface area contributed by atoms with Crippen molar-refractivity contribution in [1.82, 2.24) is 14.8 Å². The molecule has 1 aromatic carbocycles. The van der Waals surface area contributed by atoms with E-state index in [9.17, 15) is 14.0 Å². The van der Waals surface area contributed by atoms with Gasteiger partial charge >= 0.3 is 0 Å². The molecule has 0 fully saturated rings. The predicted octanol–water partition coefficient (Wildman–Crippen LogP) is 2.37. The molecule has 0 radical (unpaired) electrons. The number of anilines is 1. The second kappa shape index (κ2) is 7.17. The van der Waals surface area contributed by atoms with Crippen LogP contribution < -0.4 is 5.32 Å². The molecular weight excluding hydrogens is 307 g/mol. The molecule has 1 N–H and O–H groups in total. The van der Waals surface area contributed by atoms with Crippen LogP contribution in [0.5, 0.6) is 0 Å². The second-order valence-electron chi connectivity index (χ2n) is 4.49. The van der Waals surface area contributed by atoms with E-state index in [4.69, 9.17) is 0 Å². The molecule has 116 valence electrons. The van der Waals surface area contributed by atoms with Crippen LogP contribution in [0.1, 0.15) is 24.2 Å². The lowest BCUT2D eigenvalue weighted by Gasteiger charge is -2.06. The van der Waals surface area contributed by atoms with E-state index in [1.54, 1.807) is 10.9 Å². The van der Waals surface area contributed by atoms with Crippen molar-refractivity contribution in [1.29, 1.82) is 0 Å². The fourth-order valence-corrected chi connectivity index (χ4v) is 2.67. The average Bonchev–Trinajstić information content (AvgIpc) is 2.91. The zero-order valence-corrected chi connectivity index (χ0v) is 13.0. The number of aryl methyl sites for hydroxylation is 1. The van der Waals surface area contributed by atoms with Crippen LogP contribution in [0.4, 0.5) is 10.1 Å². The minimum Gasteiger partial charge on any atom is -0.326 e. The van der Waals surface area contributed by atoms with E-state index < -0.39 is 5.82 Å². The summed E-state index contributed by atoms with van der Waals surface area (Å²) in [6.07, 6.45) is 1.58. The molecule has 0 aliphatic rings. The van der Waals surface area contributed by atoms with Crippen molar-refractivity contribution < 1.29 is 14.0 Å². The number of halogens is 1. The summed E-state index contributed by atoms with van der Waals surface area (Å²) in [5, 5.41) is 10.8. The predicted molar refractivity (Wildman–Crippen MR) is 81.5 cm³/mol. The number of nitrogens with zero attached hydrogens (tertiary/aromatic N) is 3. The summed E-state index contributed by atoms with van der Waals surface area (Å²) in [4.78, 5) is 23.0. The van der Waals surface area contributed by atoms with Gasteiger partial charge in [-0.15, -0.1) is 10.2 Å². The summed E-state index contributed by atoms with van der Waals surface area (Å²) in [6, 6.07) is 4.00. The molecule has 0 saturated heterocycles. The fraction of sp³-hybridized carbons (Fsp3) is 0.286. The summed E-state index contributed by atoms with van der Waals surface area (Å²) >= 11 is 1.21. The van der Waals surface area contributed by atoms with Crippen molar-refractivity contribution in [3.8, 4) is 0 Å². The molecule has 1 heterocycles. The van der Waals surface area contributed by atoms with Crippen LogP contribution in [-0.4, -0.2) is 32.2 Å². The first-order chi connectivity index (χ1) is 10.5. The average molecular weight is 322 g/mol. The van der Waals surface area contributed by atoms with Crippen LogP contribution in [0.15, 0.2) is 29.7 Å². The number of amides is 1. The number of benzene rings is 1. The van der Waals surface area contributed by atoms with Gasteiger partial charge in [0.15, 0.2) is 10.9 Å². The Morgan fingerprint density at radius 3 is 2.82 bits per heavy atom. The van der Waals surface area contributed by atoms with Crippen LogP contribution in [0.3, 0.4) is 0 Å². The van der Waals surface area contributed by atoms with E-state index in [1.165, 1.54) is 30.8 Å². The van der Waals surface area contributed by atoms with Crippen molar-refractivity contribution >= 4 is 29.1 Å². The topological polar surface area (TPSA) is 76.9 Å². The summed E-state index contributed by atoms with van der Waals surface area (Å²) < 4.78 is 15.7. The van der Waals surface area contributed by atoms with E-state index in [2.05, 4.69) is 15.5 Å². The monoisotopic (exact) mass is 322 g/mol. The van der Waals surface area contributed by atoms with Crippen molar-refractivity contribution in [2.45, 2.75) is 25.5 Å². The number of carbonyl (C=O) groups is 2. The molecule has 0 aliphatic carbocycles. The fourth-order valence-electron chi connectivity index (χ4n) is 1.80. The Morgan fingerprint density at radius 2 is 2.18 bits per heavy atom. The number of thioether (sulfide) groups is 1. The zero-order valence-electron chi connectivity index (χ0n) is 12.2. The third-order valence-electron chi connectivity index (χ3n) is 2.84. The van der Waals surface area contributed by atoms with Gasteiger partial charge < -0.3 is 9.88 Å². The third kappa shape index (κ3) is 3.91. The maximum atomic E-state index is 13.9. The molecule has 0 spiro atoms. The van der Waals surface area contributed by atoms with E-state index in [1.807, 2.05) is 6.92 Å². The van der Waals surface area contributed by atoms with Crippen molar-refractivity contribution in [3.63, 3.8) is 0 Å². The lowest BCUT2D eigenvalue weighted by molar-refractivity contribution is -0.114. The molecule has 2 rings (SSSR count). The van der Waals surface area contributed by atoms with E-state index in [0.717, 1.165) is 6.07 Å². The van der Waals surface area contributed by atoms with Gasteiger partial charge in [0.05, 0.1) is 11.3 Å². The lowest BCUT2D eigenvalue weighted by Crippen LogP contribution is -2.09. The first kappa shape index (κ1) is 16.2. The molecule has 0 saturated carbocycles. The standard InChI is InChI=1S/C14H15FN4O2S/c1-3-19-8-16-18-14(19)22-7-13(21)11-5-4-10(6-12(11)15)17-9(2)20/h4-6,8H,3,7H2,1-2H3,(H,17,20). The quantitative estimate of drug-likeness (QED) is 0.652. The van der Waals surface area contributed by atoms with Gasteiger partial charge in [0.25, 0.3) is 0 Å². The van der Waals surface area contributed by atoms with E-state index >= 15 is 0 Å². The second-order valence-corrected chi connectivity index (χ2v) is 5.43. The van der Waals surface area contributed by atoms with Gasteiger partial charge in [0, 0.05) is 19.2 Å². The molecule has 0 atom stereocenters. The Hall–Kier alpha value is -2.22. The molecule has 1 amide bonds. The third-order valence-corrected chi connectivity index (χ3v) is 3.82. The normalized spacial score (nSPS) is 10.5. The molecular formula is C14H15FN4O2S. The number of Topliss-reactive ketones (excluding diaryl/α,β-unsaturated/α-hetero) is 1. The minimum atomic E-state index is -0.659. The highest BCUT2D eigenvalue weighted by molar-refractivity contribution is 7.99. The number of nitrogens with one attached hydrogen (secondary N) is 1. The minimum absolute atomic E-state index is 0.0100. The van der Waals surface area contributed by atoms with Gasteiger partial charge in [-0.1, -0.05) is 11.8 Å². The Bertz CT molecular complexity index is 702. The number of hydrogen-bond donors (Lipinski definition) is 1. The Morgan fingerprint density at radius 1 is 1.41 bits per heavy atom. The van der Waals surface area contributed by atoms with E-state index in [0.29, 0.717) is 17.4 Å². The molecule has 8 heteroatoms. The smallest absolute Gasteiger partial charge is 0.221 e. The molecule has 0 aliphatic heterocycles. The maximum absolute atomic E-state index is 13.9. The summed E-state index contributed by atoms with van der Waals surface area (Å²) in [7, 11) is 0. The van der Waals surface area contributed by atoms with Gasteiger partial charge in [-0.05, 0) is 25.1 Å². The van der Waals surface area contributed by atoms with Gasteiger partial charge in [0.2, 0.25) is 5.91 Å². The summed E-state index contributed by atoms with van der Waals surface area (Å²) in [5.41, 5.74) is 0.309. The SMILES string of the molecule is CCn1cnnc1SCC(=O)c1ccc(NC(C)=O)cc1F. The van der Waals surface area contributed by atoms with Gasteiger partial charge in [-0.25, -0.2) is 4.39 Å². The summed E-state index contributed by atoms with van der Waals surface area (Å²) in [6.45, 7) is 3.97. The first-order valence-corrected chi connectivity index (χ1v) is 7.60. The van der Waals surface area contributed by atoms with E-state index in [-0.39, 0.29) is 23.0 Å². The Kier molecular flexibility index (Phi) is 5.26. The van der Waals surface area contributed by atoms with Crippen LogP contribution in [0.25, 0.3) is 0 Å². The number of rotatable bonds is 6. The number of hydrogen-bond acceptors (Lipinski definition) is 5. The molecule has 6 nitrogen and oxygen atoms in total. The summed E-state index contributed by atoms with van der Waals surface area (Å²) in [5.74, 6) is -1.24. The van der Waals surface area contributed by atoms with Crippen molar-refractivity contribution in [2.24, 2.45) is 0 Å². The number of aromatic nitrogens is 3. The molecule has 22 heavy (non-hydrogen) atoms. The molecule has 0 unspecified atom stereocenters. The zero-order chi connectivity index (χ0) is 16.1. The molecule has 2 aromatic rings. The van der Waals surface area contributed by atoms with Gasteiger partial charge in [-0.2, -0.15) is 0 Å². The van der Waals surface area contributed by atoms with Crippen molar-refractivity contribution in [2.75, 3.05) is 11.1 Å². The highest BCUT2D eigenvalue weighted by Crippen LogP contribution is 2.20. The van der Waals surface area contributed by atoms with Crippen LogP contribution in [-0.2, 0) is 11.3 Å². The Labute approximate surface area is 131 Å². The Balaban J connectivity index is 2.05. The first-order valence-electron chi connectivity index (χ1n) is 6.62.